The number of aromatic amines is 2. The predicted octanol–water partition coefficient (Wildman–Crippen LogP) is 0.923. The van der Waals surface area contributed by atoms with Gasteiger partial charge in [0.2, 0.25) is 0 Å². The minimum absolute atomic E-state index is 0.260. The molecule has 0 aliphatic heterocycles. The van der Waals surface area contributed by atoms with Gasteiger partial charge in [0.05, 0.1) is 12.8 Å². The van der Waals surface area contributed by atoms with Crippen molar-refractivity contribution in [3.05, 3.63) is 21.9 Å². The number of oxime groups is 1. The smallest absolute Gasteiger partial charge is 0.323 e. The Morgan fingerprint density at radius 2 is 2.00 bits per heavy atom. The Morgan fingerprint density at radius 3 is 2.50 bits per heavy atom. The first-order valence-electron chi connectivity index (χ1n) is 5.65. The number of rotatable bonds is 6. The van der Waals surface area contributed by atoms with E-state index in [1.54, 1.807) is 6.92 Å². The van der Waals surface area contributed by atoms with Gasteiger partial charge in [-0.2, -0.15) is 0 Å². The fraction of sp³-hybridized carbons (Fsp3) is 0.545. The summed E-state index contributed by atoms with van der Waals surface area (Å²) in [6, 6.07) is 0. The Kier molecular flexibility index (Phi) is 5.16. The zero-order valence-electron chi connectivity index (χ0n) is 10.4. The van der Waals surface area contributed by atoms with Crippen molar-refractivity contribution in [1.82, 2.24) is 9.97 Å². The summed E-state index contributed by atoms with van der Waals surface area (Å²) >= 11 is 0. The van der Waals surface area contributed by atoms with Crippen molar-refractivity contribution in [2.75, 3.05) is 7.11 Å². The van der Waals surface area contributed by atoms with Crippen molar-refractivity contribution in [2.45, 2.75) is 32.6 Å². The molecule has 0 aliphatic rings. The van der Waals surface area contributed by atoms with Crippen molar-refractivity contribution in [3.8, 4) is 0 Å². The van der Waals surface area contributed by atoms with E-state index in [0.29, 0.717) is 42.8 Å². The highest BCUT2D eigenvalue weighted by Crippen LogP contribution is 2.09. The van der Waals surface area contributed by atoms with Gasteiger partial charge in [-0.1, -0.05) is 5.16 Å². The van der Waals surface area contributed by atoms with Gasteiger partial charge in [-0.15, -0.1) is 0 Å². The third-order valence-electron chi connectivity index (χ3n) is 2.60. The summed E-state index contributed by atoms with van der Waals surface area (Å²) in [5.74, 6) is -0.260. The molecule has 7 nitrogen and oxygen atoms in total. The van der Waals surface area contributed by atoms with Gasteiger partial charge < -0.3 is 19.9 Å². The van der Waals surface area contributed by atoms with Gasteiger partial charge in [-0.3, -0.25) is 4.79 Å². The Morgan fingerprint density at radius 1 is 1.33 bits per heavy atom. The number of imidazole rings is 1. The molecule has 0 saturated heterocycles. The highest BCUT2D eigenvalue weighted by atomic mass is 16.5. The molecule has 1 aromatic heterocycles. The first-order chi connectivity index (χ1) is 8.58. The fourth-order valence-corrected chi connectivity index (χ4v) is 1.65. The Hall–Kier alpha value is -2.05. The quantitative estimate of drug-likeness (QED) is 0.231. The molecule has 0 spiro atoms. The second-order valence-corrected chi connectivity index (χ2v) is 3.91. The number of aromatic nitrogens is 2. The van der Waals surface area contributed by atoms with Gasteiger partial charge in [-0.25, -0.2) is 4.79 Å². The zero-order chi connectivity index (χ0) is 13.5. The maximum atomic E-state index is 11.1. The van der Waals surface area contributed by atoms with Crippen LogP contribution in [0.15, 0.2) is 9.95 Å². The molecule has 7 heteroatoms. The molecule has 0 unspecified atom stereocenters. The van der Waals surface area contributed by atoms with Crippen LogP contribution in [0.25, 0.3) is 0 Å². The molecule has 0 amide bonds. The average Bonchev–Trinajstić information content (AvgIpc) is 2.68. The molecule has 1 heterocycles. The summed E-state index contributed by atoms with van der Waals surface area (Å²) in [6.07, 6.45) is 2.11. The molecule has 1 aromatic rings. The first-order valence-corrected chi connectivity index (χ1v) is 5.65. The topological polar surface area (TPSA) is 108 Å². The van der Waals surface area contributed by atoms with Crippen LogP contribution < -0.4 is 5.69 Å². The maximum Gasteiger partial charge on any atom is 0.323 e. The summed E-state index contributed by atoms with van der Waals surface area (Å²) in [4.78, 5) is 27.1. The van der Waals surface area contributed by atoms with Gasteiger partial charge in [0.1, 0.15) is 5.71 Å². The van der Waals surface area contributed by atoms with Crippen LogP contribution >= 0.6 is 0 Å². The van der Waals surface area contributed by atoms with Gasteiger partial charge in [-0.05, 0) is 26.2 Å². The molecule has 0 saturated carbocycles. The molecule has 0 fully saturated rings. The summed E-state index contributed by atoms with van der Waals surface area (Å²) < 4.78 is 4.52. The van der Waals surface area contributed by atoms with E-state index in [9.17, 15) is 9.59 Å². The summed E-state index contributed by atoms with van der Waals surface area (Å²) in [6.45, 7) is 1.72. The van der Waals surface area contributed by atoms with Crippen LogP contribution in [-0.4, -0.2) is 34.0 Å². The third kappa shape index (κ3) is 3.76. The number of carbonyl (C=O) groups is 1. The summed E-state index contributed by atoms with van der Waals surface area (Å²) in [5.41, 5.74) is 1.19. The normalized spacial score (nSPS) is 11.6. The number of hydrogen-bond donors (Lipinski definition) is 3. The largest absolute Gasteiger partial charge is 0.469 e. The van der Waals surface area contributed by atoms with Crippen LogP contribution in [0.2, 0.25) is 0 Å². The van der Waals surface area contributed by atoms with Crippen LogP contribution in [0.5, 0.6) is 0 Å². The lowest BCUT2D eigenvalue weighted by Gasteiger charge is -2.03. The average molecular weight is 255 g/mol. The second kappa shape index (κ2) is 6.63. The van der Waals surface area contributed by atoms with Gasteiger partial charge >= 0.3 is 11.7 Å². The molecule has 1 rings (SSSR count). The van der Waals surface area contributed by atoms with Crippen LogP contribution in [0, 0.1) is 6.92 Å². The monoisotopic (exact) mass is 255 g/mol. The Labute approximate surface area is 104 Å². The van der Waals surface area contributed by atoms with E-state index in [1.165, 1.54) is 7.11 Å². The van der Waals surface area contributed by atoms with E-state index in [0.717, 1.165) is 0 Å². The van der Waals surface area contributed by atoms with Crippen LogP contribution in [0.3, 0.4) is 0 Å². The number of methoxy groups -OCH3 is 1. The number of nitrogens with one attached hydrogen (secondary N) is 2. The Balaban J connectivity index is 2.52. The molecule has 0 atom stereocenters. The molecule has 0 bridgehead atoms. The van der Waals surface area contributed by atoms with Gasteiger partial charge in [0.15, 0.2) is 0 Å². The van der Waals surface area contributed by atoms with Gasteiger partial charge in [0.25, 0.3) is 0 Å². The van der Waals surface area contributed by atoms with E-state index in [1.807, 2.05) is 0 Å². The fourth-order valence-electron chi connectivity index (χ4n) is 1.65. The van der Waals surface area contributed by atoms with Crippen molar-refractivity contribution < 1.29 is 14.7 Å². The maximum absolute atomic E-state index is 11.1. The molecule has 0 radical (unpaired) electrons. The third-order valence-corrected chi connectivity index (χ3v) is 2.60. The molecule has 18 heavy (non-hydrogen) atoms. The lowest BCUT2D eigenvalue weighted by molar-refractivity contribution is -0.140. The van der Waals surface area contributed by atoms with E-state index in [2.05, 4.69) is 19.9 Å². The number of ether oxygens (including phenoxy) is 1. The minimum Gasteiger partial charge on any atom is -0.469 e. The van der Waals surface area contributed by atoms with Crippen LogP contribution in [0.4, 0.5) is 0 Å². The second-order valence-electron chi connectivity index (χ2n) is 3.91. The van der Waals surface area contributed by atoms with E-state index < -0.39 is 0 Å². The van der Waals surface area contributed by atoms with Crippen molar-refractivity contribution >= 4 is 11.7 Å². The molecule has 0 aromatic carbocycles. The van der Waals surface area contributed by atoms with E-state index in [-0.39, 0.29) is 11.7 Å². The van der Waals surface area contributed by atoms with E-state index >= 15 is 0 Å². The number of nitrogens with zero attached hydrogens (tertiary/aromatic N) is 1. The lowest BCUT2D eigenvalue weighted by atomic mass is 10.1. The molecule has 0 aliphatic carbocycles. The molecule has 3 N–H and O–H groups in total. The summed E-state index contributed by atoms with van der Waals surface area (Å²) in [5, 5.41) is 12.1. The van der Waals surface area contributed by atoms with Crippen molar-refractivity contribution in [2.24, 2.45) is 5.16 Å². The number of unbranched alkanes of at least 4 members (excludes halogenated alkanes) is 1. The van der Waals surface area contributed by atoms with Crippen LogP contribution in [-0.2, 0) is 9.53 Å². The van der Waals surface area contributed by atoms with Gasteiger partial charge in [0, 0.05) is 12.1 Å². The summed E-state index contributed by atoms with van der Waals surface area (Å²) in [7, 11) is 1.34. The van der Waals surface area contributed by atoms with E-state index in [4.69, 9.17) is 5.21 Å². The highest BCUT2D eigenvalue weighted by molar-refractivity contribution is 5.99. The number of esters is 1. The zero-order valence-corrected chi connectivity index (χ0v) is 10.4. The number of H-pyrrole nitrogens is 2. The van der Waals surface area contributed by atoms with Crippen LogP contribution in [0.1, 0.15) is 37.1 Å². The highest BCUT2D eigenvalue weighted by Gasteiger charge is 2.11. The number of aryl methyl sites for hydroxylation is 1. The molecular weight excluding hydrogens is 238 g/mol. The van der Waals surface area contributed by atoms with Crippen molar-refractivity contribution in [3.63, 3.8) is 0 Å². The predicted molar refractivity (Wildman–Crippen MR) is 65.0 cm³/mol. The molecule has 100 valence electrons. The lowest BCUT2D eigenvalue weighted by Crippen LogP contribution is -2.07. The standard InChI is InChI=1S/C11H17N3O4/c1-7-10(13-11(16)12-7)8(14-17)5-3-4-6-9(15)18-2/h17H,3-6H2,1-2H3,(H2,12,13,16)/b14-8+. The minimum atomic E-state index is -0.335. The SMILES string of the molecule is COC(=O)CCCC/C(=N\O)c1[nH]c(=O)[nH]c1C. The molecular formula is C11H17N3O4. The number of carbonyl (C=O) groups excluding carboxylic acids is 1. The first kappa shape index (κ1) is 14.0. The number of hydrogen-bond acceptors (Lipinski definition) is 5. The van der Waals surface area contributed by atoms with Crippen molar-refractivity contribution in [1.29, 1.82) is 0 Å². The Bertz CT molecular complexity index is 487.